The second kappa shape index (κ2) is 9.55. The maximum Gasteiger partial charge on any atom is 0.276 e. The Bertz CT molecular complexity index is 1220. The number of hydrogen-bond acceptors (Lipinski definition) is 4. The number of pyridine rings is 1. The SMILES string of the molecule is O=C(c1nnn(-c2ccc(Cl)cc2)c1-c1cccnc1)N1CCC(Cc2ccccc2)CC1. The van der Waals surface area contributed by atoms with Crippen LogP contribution in [0.25, 0.3) is 16.9 Å². The van der Waals surface area contributed by atoms with Gasteiger partial charge in [-0.25, -0.2) is 4.68 Å². The molecule has 0 saturated carbocycles. The number of carbonyl (C=O) groups is 1. The number of carbonyl (C=O) groups excluding carboxylic acids is 1. The number of nitrogens with zero attached hydrogens (tertiary/aromatic N) is 5. The molecule has 0 atom stereocenters. The molecule has 7 heteroatoms. The molecule has 0 spiro atoms. The monoisotopic (exact) mass is 457 g/mol. The van der Waals surface area contributed by atoms with Gasteiger partial charge in [-0.15, -0.1) is 5.10 Å². The standard InChI is InChI=1S/C26H24ClN5O/c27-22-8-10-23(11-9-22)32-25(21-7-4-14-28-18-21)24(29-30-32)26(33)31-15-12-20(13-16-31)17-19-5-2-1-3-6-19/h1-11,14,18,20H,12-13,15-17H2. The fraction of sp³-hybridized carbons (Fsp3) is 0.231. The molecule has 0 N–H and O–H groups in total. The molecule has 0 radical (unpaired) electrons. The lowest BCUT2D eigenvalue weighted by Gasteiger charge is -2.31. The Balaban J connectivity index is 1.39. The van der Waals surface area contributed by atoms with Gasteiger partial charge < -0.3 is 4.90 Å². The molecule has 0 aliphatic carbocycles. The predicted octanol–water partition coefficient (Wildman–Crippen LogP) is 5.08. The molecule has 4 aromatic rings. The topological polar surface area (TPSA) is 63.9 Å². The molecule has 1 fully saturated rings. The molecule has 0 bridgehead atoms. The summed E-state index contributed by atoms with van der Waals surface area (Å²) in [6.07, 6.45) is 6.45. The van der Waals surface area contributed by atoms with Gasteiger partial charge >= 0.3 is 0 Å². The Hall–Kier alpha value is -3.51. The first kappa shape index (κ1) is 21.3. The summed E-state index contributed by atoms with van der Waals surface area (Å²) in [4.78, 5) is 19.7. The van der Waals surface area contributed by atoms with Crippen molar-refractivity contribution in [3.8, 4) is 16.9 Å². The van der Waals surface area contributed by atoms with Crippen molar-refractivity contribution in [2.24, 2.45) is 5.92 Å². The van der Waals surface area contributed by atoms with Crippen LogP contribution in [-0.2, 0) is 6.42 Å². The Morgan fingerprint density at radius 1 is 0.970 bits per heavy atom. The normalized spacial score (nSPS) is 14.4. The quantitative estimate of drug-likeness (QED) is 0.419. The van der Waals surface area contributed by atoms with Crippen LogP contribution in [-0.4, -0.2) is 43.9 Å². The highest BCUT2D eigenvalue weighted by Crippen LogP contribution is 2.28. The van der Waals surface area contributed by atoms with Crippen LogP contribution in [0.2, 0.25) is 5.02 Å². The van der Waals surface area contributed by atoms with Gasteiger partial charge in [-0.2, -0.15) is 0 Å². The molecule has 1 aliphatic heterocycles. The van der Waals surface area contributed by atoms with E-state index in [9.17, 15) is 4.79 Å². The van der Waals surface area contributed by atoms with E-state index in [1.54, 1.807) is 29.2 Å². The smallest absolute Gasteiger partial charge is 0.276 e. The van der Waals surface area contributed by atoms with Crippen LogP contribution in [0.3, 0.4) is 0 Å². The molecule has 2 aromatic heterocycles. The molecule has 0 unspecified atom stereocenters. The summed E-state index contributed by atoms with van der Waals surface area (Å²) in [5.74, 6) is 0.492. The van der Waals surface area contributed by atoms with Crippen molar-refractivity contribution in [1.82, 2.24) is 24.9 Å². The molecule has 1 aliphatic rings. The van der Waals surface area contributed by atoms with E-state index in [4.69, 9.17) is 11.6 Å². The molecular weight excluding hydrogens is 434 g/mol. The Morgan fingerprint density at radius 2 is 1.73 bits per heavy atom. The van der Waals surface area contributed by atoms with Crippen LogP contribution in [0.5, 0.6) is 0 Å². The van der Waals surface area contributed by atoms with E-state index in [-0.39, 0.29) is 5.91 Å². The lowest BCUT2D eigenvalue weighted by molar-refractivity contribution is 0.0685. The van der Waals surface area contributed by atoms with E-state index in [0.29, 0.717) is 22.3 Å². The molecule has 166 valence electrons. The summed E-state index contributed by atoms with van der Waals surface area (Å²) >= 11 is 6.06. The van der Waals surface area contributed by atoms with Crippen molar-refractivity contribution in [1.29, 1.82) is 0 Å². The highest BCUT2D eigenvalue weighted by atomic mass is 35.5. The molecule has 5 rings (SSSR count). The fourth-order valence-electron chi connectivity index (χ4n) is 4.39. The van der Waals surface area contributed by atoms with Crippen molar-refractivity contribution in [2.75, 3.05) is 13.1 Å². The minimum absolute atomic E-state index is 0.0905. The zero-order chi connectivity index (χ0) is 22.6. The van der Waals surface area contributed by atoms with Gasteiger partial charge in [0.05, 0.1) is 5.69 Å². The van der Waals surface area contributed by atoms with Crippen molar-refractivity contribution in [2.45, 2.75) is 19.3 Å². The van der Waals surface area contributed by atoms with Crippen molar-refractivity contribution in [3.63, 3.8) is 0 Å². The molecule has 6 nitrogen and oxygen atoms in total. The van der Waals surface area contributed by atoms with Gasteiger partial charge in [0.15, 0.2) is 5.69 Å². The number of rotatable bonds is 5. The molecular formula is C26H24ClN5O. The van der Waals surface area contributed by atoms with E-state index in [1.807, 2.05) is 35.2 Å². The first-order valence-electron chi connectivity index (χ1n) is 11.1. The van der Waals surface area contributed by atoms with Gasteiger partial charge in [0.25, 0.3) is 5.91 Å². The third-order valence-electron chi connectivity index (χ3n) is 6.15. The summed E-state index contributed by atoms with van der Waals surface area (Å²) in [7, 11) is 0. The van der Waals surface area contributed by atoms with E-state index >= 15 is 0 Å². The fourth-order valence-corrected chi connectivity index (χ4v) is 4.51. The molecule has 1 saturated heterocycles. The Labute approximate surface area is 197 Å². The van der Waals surface area contributed by atoms with Gasteiger partial charge in [-0.05, 0) is 67.1 Å². The van der Waals surface area contributed by atoms with Crippen LogP contribution < -0.4 is 0 Å². The maximum atomic E-state index is 13.5. The number of amides is 1. The van der Waals surface area contributed by atoms with Gasteiger partial charge in [-0.3, -0.25) is 9.78 Å². The van der Waals surface area contributed by atoms with E-state index in [1.165, 1.54) is 5.56 Å². The largest absolute Gasteiger partial charge is 0.337 e. The maximum absolute atomic E-state index is 13.5. The van der Waals surface area contributed by atoms with Gasteiger partial charge in [0.2, 0.25) is 0 Å². The minimum atomic E-state index is -0.0905. The minimum Gasteiger partial charge on any atom is -0.337 e. The summed E-state index contributed by atoms with van der Waals surface area (Å²) < 4.78 is 1.68. The summed E-state index contributed by atoms with van der Waals surface area (Å²) in [5.41, 5.74) is 3.92. The van der Waals surface area contributed by atoms with Crippen LogP contribution in [0, 0.1) is 5.92 Å². The highest BCUT2D eigenvalue weighted by Gasteiger charge is 2.29. The van der Waals surface area contributed by atoms with Crippen molar-refractivity contribution in [3.05, 3.63) is 95.4 Å². The average molecular weight is 458 g/mol. The number of aromatic nitrogens is 4. The van der Waals surface area contributed by atoms with Gasteiger partial charge in [0.1, 0.15) is 5.69 Å². The van der Waals surface area contributed by atoms with Crippen LogP contribution in [0.1, 0.15) is 28.9 Å². The van der Waals surface area contributed by atoms with E-state index in [0.717, 1.165) is 43.6 Å². The van der Waals surface area contributed by atoms with Crippen molar-refractivity contribution < 1.29 is 4.79 Å². The lowest BCUT2D eigenvalue weighted by Crippen LogP contribution is -2.39. The summed E-state index contributed by atoms with van der Waals surface area (Å²) in [6, 6.07) is 21.6. The van der Waals surface area contributed by atoms with Crippen LogP contribution >= 0.6 is 11.6 Å². The third-order valence-corrected chi connectivity index (χ3v) is 6.40. The predicted molar refractivity (Wildman–Crippen MR) is 128 cm³/mol. The van der Waals surface area contributed by atoms with E-state index in [2.05, 4.69) is 39.6 Å². The number of likely N-dealkylation sites (tertiary alicyclic amines) is 1. The second-order valence-electron chi connectivity index (χ2n) is 8.34. The summed E-state index contributed by atoms with van der Waals surface area (Å²) in [6.45, 7) is 1.44. The van der Waals surface area contributed by atoms with Crippen molar-refractivity contribution >= 4 is 17.5 Å². The Morgan fingerprint density at radius 3 is 2.42 bits per heavy atom. The van der Waals surface area contributed by atoms with Crippen LogP contribution in [0.4, 0.5) is 0 Å². The van der Waals surface area contributed by atoms with Gasteiger partial charge in [0, 0.05) is 36.1 Å². The van der Waals surface area contributed by atoms with Gasteiger partial charge in [-0.1, -0.05) is 47.1 Å². The molecule has 33 heavy (non-hydrogen) atoms. The number of hydrogen-bond donors (Lipinski definition) is 0. The highest BCUT2D eigenvalue weighted by molar-refractivity contribution is 6.30. The molecule has 3 heterocycles. The first-order valence-corrected chi connectivity index (χ1v) is 11.5. The number of piperidine rings is 1. The second-order valence-corrected chi connectivity index (χ2v) is 8.78. The number of halogens is 1. The third kappa shape index (κ3) is 4.66. The zero-order valence-electron chi connectivity index (χ0n) is 18.1. The lowest BCUT2D eigenvalue weighted by atomic mass is 9.90. The number of benzene rings is 2. The Kier molecular flexibility index (Phi) is 6.17. The first-order chi connectivity index (χ1) is 16.2. The average Bonchev–Trinajstić information content (AvgIpc) is 3.31. The summed E-state index contributed by atoms with van der Waals surface area (Å²) in [5, 5.41) is 9.28. The van der Waals surface area contributed by atoms with E-state index < -0.39 is 0 Å². The van der Waals surface area contributed by atoms with Crippen LogP contribution in [0.15, 0.2) is 79.1 Å². The molecule has 1 amide bonds. The molecule has 2 aromatic carbocycles. The zero-order valence-corrected chi connectivity index (χ0v) is 18.9.